The van der Waals surface area contributed by atoms with Crippen LogP contribution in [0.1, 0.15) is 66.8 Å². The van der Waals surface area contributed by atoms with Crippen LogP contribution in [0, 0.1) is 94.7 Å². The fraction of sp³-hybridized carbons (Fsp3) is 0.0857. The fourth-order valence-corrected chi connectivity index (χ4v) is 21.6. The van der Waals surface area contributed by atoms with Gasteiger partial charge in [-0.3, -0.25) is 0 Å². The zero-order valence-corrected chi connectivity index (χ0v) is 84.3. The Labute approximate surface area is 854 Å². The molecule has 24 rings (SSSR count). The molecule has 0 unspecified atom stereocenters. The molecule has 0 aliphatic carbocycles. The molecule has 0 aromatic heterocycles. The first-order valence-electron chi connectivity index (χ1n) is 50.5. The summed E-state index contributed by atoms with van der Waals surface area (Å²) in [6, 6.07) is 162. The number of hydrogen-bond donors (Lipinski definition) is 0. The van der Waals surface area contributed by atoms with Gasteiger partial charge in [-0.1, -0.05) is 324 Å². The van der Waals surface area contributed by atoms with Crippen molar-refractivity contribution in [2.75, 3.05) is 19.6 Å². The molecule has 0 heterocycles. The van der Waals surface area contributed by atoms with Gasteiger partial charge in [-0.25, -0.2) is 8.78 Å². The van der Waals surface area contributed by atoms with Crippen molar-refractivity contribution < 1.29 is 8.78 Å². The standard InChI is InChI=1S/C72H60N2.C68H50F2N2/c1-45-9-17-53(18-10-45)59-39-60(54-19-11-46(2)12-20-54)42-65(41-59)73(63-35-49(5)33-50(6)36-63)69-31-27-57-26-30-68-70(32-28-58-25-29-67(69)71(57)72(58)68)74(64-37-51(7)34-52(8)38-64)66-43-61(55-21-13-47(3)14-22-55)40-62(44-66)56-23-15-48(4)16-24-56;1-43-5-13-47(14-6-43)53-37-54(48-15-7-44(2)8-16-48)40-61(39-53)71(59-29-25-57(69)26-30-59)65-35-23-51-22-34-64-66(36-24-52-21-33-63(65)67(51)68(52)64)72(60-31-27-58(70)28-32-60)62-41-55(49-17-9-45(3)10-18-49)38-56(42-62)50-19-11-46(4)12-20-50/h9-44H,1-8H3;5-42H,1-4H3. The van der Waals surface area contributed by atoms with Crippen LogP contribution in [0.3, 0.4) is 0 Å². The monoisotopic (exact) mass is 1880 g/mol. The lowest BCUT2D eigenvalue weighted by Gasteiger charge is -2.31. The Hall–Kier alpha value is -17.6. The van der Waals surface area contributed by atoms with Crippen LogP contribution in [-0.4, -0.2) is 0 Å². The van der Waals surface area contributed by atoms with E-state index < -0.39 is 0 Å². The van der Waals surface area contributed by atoms with E-state index >= 15 is 0 Å². The summed E-state index contributed by atoms with van der Waals surface area (Å²) in [5.74, 6) is -0.590. The van der Waals surface area contributed by atoms with E-state index in [-0.39, 0.29) is 11.6 Å². The van der Waals surface area contributed by atoms with Gasteiger partial charge >= 0.3 is 0 Å². The zero-order chi connectivity index (χ0) is 99.8. The third-order valence-electron chi connectivity index (χ3n) is 29.1. The van der Waals surface area contributed by atoms with E-state index in [1.54, 1.807) is 0 Å². The molecule has 0 aliphatic rings. The topological polar surface area (TPSA) is 13.0 Å². The van der Waals surface area contributed by atoms with E-state index in [4.69, 9.17) is 0 Å². The Morgan fingerprint density at radius 3 is 0.459 bits per heavy atom. The third-order valence-corrected chi connectivity index (χ3v) is 29.1. The summed E-state index contributed by atoms with van der Waals surface area (Å²) in [6.07, 6.45) is 0. The summed E-state index contributed by atoms with van der Waals surface area (Å²) < 4.78 is 29.8. The van der Waals surface area contributed by atoms with Crippen molar-refractivity contribution >= 4 is 133 Å². The molecular weight excluding hydrogens is 1780 g/mol. The Morgan fingerprint density at radius 1 is 0.123 bits per heavy atom. The number of benzene rings is 24. The average molecular weight is 1890 g/mol. The number of anilines is 12. The molecule has 146 heavy (non-hydrogen) atoms. The van der Waals surface area contributed by atoms with Crippen LogP contribution in [0.25, 0.3) is 154 Å². The number of halogens is 2. The van der Waals surface area contributed by atoms with Gasteiger partial charge in [-0.15, -0.1) is 0 Å². The molecule has 704 valence electrons. The zero-order valence-electron chi connectivity index (χ0n) is 84.3. The predicted octanol–water partition coefficient (Wildman–Crippen LogP) is 40.4. The Bertz CT molecular complexity index is 8240. The van der Waals surface area contributed by atoms with Crippen LogP contribution < -0.4 is 19.6 Å². The molecule has 0 saturated heterocycles. The largest absolute Gasteiger partial charge is 0.310 e. The van der Waals surface area contributed by atoms with Crippen molar-refractivity contribution in [1.29, 1.82) is 0 Å². The summed E-state index contributed by atoms with van der Waals surface area (Å²) in [4.78, 5) is 9.56. The smallest absolute Gasteiger partial charge is 0.123 e. The van der Waals surface area contributed by atoms with Crippen LogP contribution in [0.4, 0.5) is 77.0 Å². The maximum atomic E-state index is 14.9. The van der Waals surface area contributed by atoms with Crippen LogP contribution in [0.2, 0.25) is 0 Å². The fourth-order valence-electron chi connectivity index (χ4n) is 21.6. The number of hydrogen-bond acceptors (Lipinski definition) is 4. The number of nitrogens with zero attached hydrogens (tertiary/aromatic N) is 4. The Balaban J connectivity index is 0.000000161. The van der Waals surface area contributed by atoms with Gasteiger partial charge < -0.3 is 19.6 Å². The highest BCUT2D eigenvalue weighted by molar-refractivity contribution is 6.30. The second-order valence-corrected chi connectivity index (χ2v) is 40.2. The van der Waals surface area contributed by atoms with Gasteiger partial charge in [-0.05, 0) is 407 Å². The maximum absolute atomic E-state index is 14.9. The summed E-state index contributed by atoms with van der Waals surface area (Å²) in [5.41, 5.74) is 45.2. The highest BCUT2D eigenvalue weighted by atomic mass is 19.1. The molecule has 24 aromatic carbocycles. The van der Waals surface area contributed by atoms with Gasteiger partial charge in [0.2, 0.25) is 0 Å². The van der Waals surface area contributed by atoms with Gasteiger partial charge in [0.15, 0.2) is 0 Å². The van der Waals surface area contributed by atoms with Crippen molar-refractivity contribution in [2.45, 2.75) is 83.1 Å². The average Bonchev–Trinajstić information content (AvgIpc) is 0.726. The van der Waals surface area contributed by atoms with E-state index in [9.17, 15) is 8.78 Å². The molecular formula is C140H110F2N4. The number of aryl methyl sites for hydroxylation is 12. The first kappa shape index (κ1) is 92.2. The molecule has 4 nitrogen and oxygen atoms in total. The quantitative estimate of drug-likeness (QED) is 0.0705. The minimum atomic E-state index is -0.295. The molecule has 0 spiro atoms. The molecule has 24 aromatic rings. The molecule has 0 aliphatic heterocycles. The molecule has 0 bridgehead atoms. The summed E-state index contributed by atoms with van der Waals surface area (Å²) >= 11 is 0. The van der Waals surface area contributed by atoms with Gasteiger partial charge in [0, 0.05) is 67.0 Å². The summed E-state index contributed by atoms with van der Waals surface area (Å²) in [6.45, 7) is 25.9. The normalized spacial score (nSPS) is 11.5. The van der Waals surface area contributed by atoms with Crippen molar-refractivity contribution in [3.63, 3.8) is 0 Å². The van der Waals surface area contributed by atoms with E-state index in [2.05, 4.69) is 503 Å². The second-order valence-electron chi connectivity index (χ2n) is 40.2. The maximum Gasteiger partial charge on any atom is 0.123 e. The van der Waals surface area contributed by atoms with E-state index in [0.29, 0.717) is 0 Å². The molecule has 0 atom stereocenters. The van der Waals surface area contributed by atoms with E-state index in [0.717, 1.165) is 145 Å². The Kier molecular flexibility index (Phi) is 24.2. The van der Waals surface area contributed by atoms with Crippen LogP contribution in [0.15, 0.2) is 449 Å². The molecule has 0 amide bonds. The molecule has 0 saturated carbocycles. The van der Waals surface area contributed by atoms with Crippen molar-refractivity contribution in [3.05, 3.63) is 527 Å². The second kappa shape index (κ2) is 38.4. The first-order valence-corrected chi connectivity index (χ1v) is 50.5. The van der Waals surface area contributed by atoms with Gasteiger partial charge in [0.05, 0.1) is 22.7 Å². The highest BCUT2D eigenvalue weighted by Crippen LogP contribution is 2.54. The minimum Gasteiger partial charge on any atom is -0.310 e. The van der Waals surface area contributed by atoms with E-state index in [1.165, 1.54) is 168 Å². The molecule has 6 heteroatoms. The Morgan fingerprint density at radius 2 is 0.281 bits per heavy atom. The lowest BCUT2D eigenvalue weighted by molar-refractivity contribution is 0.627. The van der Waals surface area contributed by atoms with Crippen molar-refractivity contribution in [1.82, 2.24) is 0 Å². The summed E-state index contributed by atoms with van der Waals surface area (Å²) in [7, 11) is 0. The first-order chi connectivity index (χ1) is 71.0. The lowest BCUT2D eigenvalue weighted by atomic mass is 9.91. The van der Waals surface area contributed by atoms with Gasteiger partial charge in [-0.2, -0.15) is 0 Å². The number of rotatable bonds is 20. The van der Waals surface area contributed by atoms with Crippen LogP contribution in [0.5, 0.6) is 0 Å². The van der Waals surface area contributed by atoms with Gasteiger partial charge in [0.25, 0.3) is 0 Å². The molecule has 0 radical (unpaired) electrons. The molecule has 0 N–H and O–H groups in total. The SMILES string of the molecule is Cc1ccc(-c2cc(-c3ccc(C)cc3)cc(N(c3cc(C)cc(C)c3)c3ccc4ccc5c(N(c6cc(C)cc(C)c6)c6cc(-c7ccc(C)cc7)cc(-c7ccc(C)cc7)c6)ccc6ccc3c4c65)c2)cc1.Cc1ccc(-c2cc(-c3ccc(C)cc3)cc(N(c3ccc(F)cc3)c3ccc4ccc5c(N(c6ccc(F)cc6)c6cc(-c7ccc(C)cc7)cc(-c7ccc(C)cc7)c6)ccc6ccc3c4c65)c2)cc1. The third kappa shape index (κ3) is 18.2. The van der Waals surface area contributed by atoms with Crippen LogP contribution in [-0.2, 0) is 0 Å². The van der Waals surface area contributed by atoms with Crippen molar-refractivity contribution in [2.24, 2.45) is 0 Å². The molecule has 0 fully saturated rings. The van der Waals surface area contributed by atoms with Crippen molar-refractivity contribution in [3.8, 4) is 89.0 Å². The van der Waals surface area contributed by atoms with Gasteiger partial charge in [0.1, 0.15) is 11.6 Å². The lowest BCUT2D eigenvalue weighted by Crippen LogP contribution is -2.12. The highest BCUT2D eigenvalue weighted by Gasteiger charge is 2.29. The summed E-state index contributed by atoms with van der Waals surface area (Å²) in [5, 5.41) is 13.9. The van der Waals surface area contributed by atoms with E-state index in [1.807, 2.05) is 24.3 Å². The van der Waals surface area contributed by atoms with Crippen LogP contribution >= 0.6 is 0 Å². The minimum absolute atomic E-state index is 0.295. The predicted molar refractivity (Wildman–Crippen MR) is 619 cm³/mol.